The predicted molar refractivity (Wildman–Crippen MR) is 73.1 cm³/mol. The summed E-state index contributed by atoms with van der Waals surface area (Å²) in [6.07, 6.45) is 1.50. The van der Waals surface area contributed by atoms with Gasteiger partial charge >= 0.3 is 5.97 Å². The molecule has 1 aromatic carbocycles. The molecule has 0 amide bonds. The highest BCUT2D eigenvalue weighted by molar-refractivity contribution is 6.01. The van der Waals surface area contributed by atoms with E-state index in [1.54, 1.807) is 35.9 Å². The molecule has 0 aliphatic rings. The fourth-order valence-corrected chi connectivity index (χ4v) is 2.08. The van der Waals surface area contributed by atoms with Gasteiger partial charge in [0.05, 0.1) is 5.39 Å². The molecule has 1 N–H and O–H groups in total. The first-order chi connectivity index (χ1) is 10.1. The van der Waals surface area contributed by atoms with Gasteiger partial charge in [0.25, 0.3) is 5.56 Å². The number of rotatable bonds is 3. The maximum Gasteiger partial charge on any atom is 0.357 e. The van der Waals surface area contributed by atoms with Crippen molar-refractivity contribution < 1.29 is 9.90 Å². The molecular formula is C13H11N5O3. The van der Waals surface area contributed by atoms with Gasteiger partial charge in [-0.25, -0.2) is 9.48 Å². The minimum Gasteiger partial charge on any atom is -0.476 e. The third kappa shape index (κ3) is 2.16. The van der Waals surface area contributed by atoms with Crippen molar-refractivity contribution in [1.82, 2.24) is 24.5 Å². The van der Waals surface area contributed by atoms with Gasteiger partial charge in [0.15, 0.2) is 11.5 Å². The lowest BCUT2D eigenvalue weighted by molar-refractivity contribution is 0.0690. The maximum atomic E-state index is 12.4. The Bertz CT molecular complexity index is 896. The zero-order chi connectivity index (χ0) is 15.0. The summed E-state index contributed by atoms with van der Waals surface area (Å²) in [5, 5.41) is 21.4. The number of carbonyl (C=O) groups is 1. The topological polar surface area (TPSA) is 103 Å². The van der Waals surface area contributed by atoms with E-state index in [0.717, 1.165) is 4.68 Å². The lowest BCUT2D eigenvalue weighted by Crippen LogP contribution is -2.27. The van der Waals surface area contributed by atoms with Crippen LogP contribution in [0, 0.1) is 0 Å². The van der Waals surface area contributed by atoms with E-state index in [9.17, 15) is 14.7 Å². The van der Waals surface area contributed by atoms with Gasteiger partial charge < -0.3 is 9.67 Å². The van der Waals surface area contributed by atoms with Crippen LogP contribution < -0.4 is 5.56 Å². The molecule has 0 spiro atoms. The van der Waals surface area contributed by atoms with Crippen LogP contribution in [0.25, 0.3) is 10.8 Å². The molecule has 0 bridgehead atoms. The molecule has 0 unspecified atom stereocenters. The number of nitrogens with zero attached hydrogens (tertiary/aromatic N) is 5. The highest BCUT2D eigenvalue weighted by Gasteiger charge is 2.16. The summed E-state index contributed by atoms with van der Waals surface area (Å²) in [6.45, 7) is 0.0560. The fraction of sp³-hybridized carbons (Fsp3) is 0.154. The van der Waals surface area contributed by atoms with Gasteiger partial charge in [-0.3, -0.25) is 4.79 Å². The minimum absolute atomic E-state index is 0.0560. The Balaban J connectivity index is 2.24. The number of hydrogen-bond acceptors (Lipinski definition) is 5. The molecule has 0 atom stereocenters. The number of carboxylic acid groups (broad SMARTS) is 1. The molecule has 0 radical (unpaired) electrons. The van der Waals surface area contributed by atoms with Gasteiger partial charge in [-0.2, -0.15) is 5.10 Å². The Hall–Kier alpha value is -3.03. The normalized spacial score (nSPS) is 10.9. The van der Waals surface area contributed by atoms with Crippen molar-refractivity contribution in [2.75, 3.05) is 0 Å². The average molecular weight is 285 g/mol. The van der Waals surface area contributed by atoms with Gasteiger partial charge in [0.2, 0.25) is 0 Å². The molecule has 21 heavy (non-hydrogen) atoms. The SMILES string of the molecule is Cn1cnnc1Cn1nc(C(=O)O)c2ccccc2c1=O. The number of carboxylic acids is 1. The largest absolute Gasteiger partial charge is 0.476 e. The Morgan fingerprint density at radius 3 is 2.62 bits per heavy atom. The van der Waals surface area contributed by atoms with Gasteiger partial charge in [0.1, 0.15) is 12.9 Å². The van der Waals surface area contributed by atoms with E-state index in [-0.39, 0.29) is 17.8 Å². The van der Waals surface area contributed by atoms with E-state index in [1.807, 2.05) is 0 Å². The Labute approximate surface area is 118 Å². The Morgan fingerprint density at radius 2 is 2.00 bits per heavy atom. The number of hydrogen-bond donors (Lipinski definition) is 1. The zero-order valence-corrected chi connectivity index (χ0v) is 11.1. The summed E-state index contributed by atoms with van der Waals surface area (Å²) >= 11 is 0. The molecule has 0 aliphatic heterocycles. The highest BCUT2D eigenvalue weighted by atomic mass is 16.4. The Kier molecular flexibility index (Phi) is 2.98. The van der Waals surface area contributed by atoms with E-state index in [0.29, 0.717) is 16.6 Å². The molecule has 106 valence electrons. The van der Waals surface area contributed by atoms with Crippen molar-refractivity contribution in [3.63, 3.8) is 0 Å². The summed E-state index contributed by atoms with van der Waals surface area (Å²) in [5.41, 5.74) is -0.522. The third-order valence-electron chi connectivity index (χ3n) is 3.17. The monoisotopic (exact) mass is 285 g/mol. The van der Waals surface area contributed by atoms with Crippen LogP contribution in [0.15, 0.2) is 35.4 Å². The first kappa shape index (κ1) is 13.0. The van der Waals surface area contributed by atoms with Crippen molar-refractivity contribution >= 4 is 16.7 Å². The van der Waals surface area contributed by atoms with Crippen LogP contribution in [0.2, 0.25) is 0 Å². The van der Waals surface area contributed by atoms with Gasteiger partial charge in [-0.05, 0) is 6.07 Å². The second-order valence-corrected chi connectivity index (χ2v) is 4.52. The number of fused-ring (bicyclic) bond motifs is 1. The molecular weight excluding hydrogens is 274 g/mol. The number of aromatic nitrogens is 5. The molecule has 3 rings (SSSR count). The summed E-state index contributed by atoms with van der Waals surface area (Å²) in [6, 6.07) is 6.50. The standard InChI is InChI=1S/C13H11N5O3/c1-17-7-14-15-10(17)6-18-12(19)9-5-3-2-4-8(9)11(16-18)13(20)21/h2-5,7H,6H2,1H3,(H,20,21). The molecule has 8 heteroatoms. The molecule has 0 fully saturated rings. The second-order valence-electron chi connectivity index (χ2n) is 4.52. The smallest absolute Gasteiger partial charge is 0.357 e. The highest BCUT2D eigenvalue weighted by Crippen LogP contribution is 2.13. The van der Waals surface area contributed by atoms with E-state index in [4.69, 9.17) is 0 Å². The minimum atomic E-state index is -1.18. The summed E-state index contributed by atoms with van der Waals surface area (Å²) in [4.78, 5) is 23.7. The zero-order valence-electron chi connectivity index (χ0n) is 11.1. The predicted octanol–water partition coefficient (Wildman–Crippen LogP) is 0.271. The summed E-state index contributed by atoms with van der Waals surface area (Å²) in [5.74, 6) is -0.672. The summed E-state index contributed by atoms with van der Waals surface area (Å²) in [7, 11) is 1.74. The van der Waals surface area contributed by atoms with Crippen molar-refractivity contribution in [2.24, 2.45) is 7.05 Å². The van der Waals surface area contributed by atoms with Gasteiger partial charge in [0, 0.05) is 12.4 Å². The molecule has 8 nitrogen and oxygen atoms in total. The maximum absolute atomic E-state index is 12.4. The molecule has 0 saturated heterocycles. The average Bonchev–Trinajstić information content (AvgIpc) is 2.87. The van der Waals surface area contributed by atoms with Crippen molar-refractivity contribution in [1.29, 1.82) is 0 Å². The fourth-order valence-electron chi connectivity index (χ4n) is 2.08. The van der Waals surface area contributed by atoms with Crippen LogP contribution in [0.4, 0.5) is 0 Å². The summed E-state index contributed by atoms with van der Waals surface area (Å²) < 4.78 is 2.74. The van der Waals surface area contributed by atoms with E-state index in [2.05, 4.69) is 15.3 Å². The second kappa shape index (κ2) is 4.82. The van der Waals surface area contributed by atoms with E-state index in [1.165, 1.54) is 6.33 Å². The quantitative estimate of drug-likeness (QED) is 0.741. The van der Waals surface area contributed by atoms with Crippen LogP contribution >= 0.6 is 0 Å². The van der Waals surface area contributed by atoms with E-state index >= 15 is 0 Å². The molecule has 0 aliphatic carbocycles. The Morgan fingerprint density at radius 1 is 1.29 bits per heavy atom. The number of benzene rings is 1. The van der Waals surface area contributed by atoms with E-state index < -0.39 is 5.97 Å². The van der Waals surface area contributed by atoms with Gasteiger partial charge in [-0.15, -0.1) is 10.2 Å². The van der Waals surface area contributed by atoms with Crippen molar-refractivity contribution in [3.8, 4) is 0 Å². The first-order valence-electron chi connectivity index (χ1n) is 6.14. The third-order valence-corrected chi connectivity index (χ3v) is 3.17. The van der Waals surface area contributed by atoms with Crippen LogP contribution in [0.3, 0.4) is 0 Å². The molecule has 0 saturated carbocycles. The van der Waals surface area contributed by atoms with Crippen molar-refractivity contribution in [2.45, 2.75) is 6.54 Å². The lowest BCUT2D eigenvalue weighted by Gasteiger charge is -2.08. The lowest BCUT2D eigenvalue weighted by atomic mass is 10.1. The van der Waals surface area contributed by atoms with Gasteiger partial charge in [-0.1, -0.05) is 18.2 Å². The molecule has 2 aromatic heterocycles. The van der Waals surface area contributed by atoms with Crippen LogP contribution in [-0.4, -0.2) is 35.6 Å². The molecule has 2 heterocycles. The van der Waals surface area contributed by atoms with Crippen LogP contribution in [0.5, 0.6) is 0 Å². The molecule has 3 aromatic rings. The van der Waals surface area contributed by atoms with Crippen molar-refractivity contribution in [3.05, 3.63) is 52.5 Å². The van der Waals surface area contributed by atoms with Crippen LogP contribution in [0.1, 0.15) is 16.3 Å². The number of aromatic carboxylic acids is 1. The first-order valence-corrected chi connectivity index (χ1v) is 6.14. The number of aryl methyl sites for hydroxylation is 1. The van der Waals surface area contributed by atoms with Crippen LogP contribution in [-0.2, 0) is 13.6 Å².